The van der Waals surface area contributed by atoms with E-state index in [-0.39, 0.29) is 11.8 Å². The number of carbonyl (C=O) groups excluding carboxylic acids is 2. The standard InChI is InChI=1S/C29H40N4O5/c1-6-7-17-32(2)27(34)20-33-23-14-11-10-13-22(23)31-26(33)15-9-8-12-16-30-29(35)21-18-24(36-3)28(38-5)25(19-21)37-4/h10-11,13-14,18-19H,6-9,12,15-17,20H2,1-5H3,(H,30,35). The molecule has 3 aromatic rings. The fraction of sp³-hybridized carbons (Fsp3) is 0.483. The van der Waals surface area contributed by atoms with Gasteiger partial charge in [0.05, 0.1) is 32.4 Å². The second-order valence-electron chi connectivity index (χ2n) is 9.25. The van der Waals surface area contributed by atoms with Crippen LogP contribution >= 0.6 is 0 Å². The third-order valence-electron chi connectivity index (χ3n) is 6.59. The van der Waals surface area contributed by atoms with Crippen LogP contribution in [0.4, 0.5) is 0 Å². The van der Waals surface area contributed by atoms with Crippen LogP contribution in [0.15, 0.2) is 36.4 Å². The van der Waals surface area contributed by atoms with E-state index in [1.165, 1.54) is 21.3 Å². The van der Waals surface area contributed by atoms with Crippen molar-refractivity contribution in [2.75, 3.05) is 41.5 Å². The van der Waals surface area contributed by atoms with Crippen molar-refractivity contribution in [1.82, 2.24) is 19.8 Å². The molecule has 0 unspecified atom stereocenters. The molecule has 0 aliphatic heterocycles. The Morgan fingerprint density at radius 3 is 2.34 bits per heavy atom. The van der Waals surface area contributed by atoms with Crippen molar-refractivity contribution in [3.05, 3.63) is 47.8 Å². The number of nitrogens with one attached hydrogen (secondary N) is 1. The number of carbonyl (C=O) groups is 2. The second-order valence-corrected chi connectivity index (χ2v) is 9.25. The minimum atomic E-state index is -0.197. The molecule has 2 amide bonds. The number of benzene rings is 2. The van der Waals surface area contributed by atoms with Gasteiger partial charge in [0.2, 0.25) is 11.7 Å². The molecule has 0 spiro atoms. The summed E-state index contributed by atoms with van der Waals surface area (Å²) in [6.07, 6.45) is 5.47. The number of imidazole rings is 1. The van der Waals surface area contributed by atoms with E-state index >= 15 is 0 Å². The molecule has 1 N–H and O–H groups in total. The Balaban J connectivity index is 1.54. The molecule has 0 aliphatic rings. The molecule has 1 aromatic heterocycles. The highest BCUT2D eigenvalue weighted by molar-refractivity contribution is 5.95. The monoisotopic (exact) mass is 524 g/mol. The lowest BCUT2D eigenvalue weighted by Gasteiger charge is -2.18. The number of hydrogen-bond donors (Lipinski definition) is 1. The lowest BCUT2D eigenvalue weighted by atomic mass is 10.1. The first-order valence-electron chi connectivity index (χ1n) is 13.2. The van der Waals surface area contributed by atoms with Crippen LogP contribution in [-0.2, 0) is 17.8 Å². The van der Waals surface area contributed by atoms with Crippen molar-refractivity contribution in [2.24, 2.45) is 0 Å². The summed E-state index contributed by atoms with van der Waals surface area (Å²) in [6, 6.07) is 11.2. The van der Waals surface area contributed by atoms with Gasteiger partial charge in [-0.2, -0.15) is 0 Å². The molecular weight excluding hydrogens is 484 g/mol. The van der Waals surface area contributed by atoms with Gasteiger partial charge in [0.25, 0.3) is 5.91 Å². The summed E-state index contributed by atoms with van der Waals surface area (Å²) in [6.45, 7) is 3.73. The number of likely N-dealkylation sites (N-methyl/N-ethyl adjacent to an activating group) is 1. The molecule has 0 atom stereocenters. The number of methoxy groups -OCH3 is 3. The van der Waals surface area contributed by atoms with Crippen LogP contribution < -0.4 is 19.5 Å². The molecule has 1 heterocycles. The first-order chi connectivity index (χ1) is 18.4. The Labute approximate surface area is 225 Å². The van der Waals surface area contributed by atoms with Crippen LogP contribution in [0.25, 0.3) is 11.0 Å². The van der Waals surface area contributed by atoms with Crippen LogP contribution in [-0.4, -0.2) is 67.7 Å². The van der Waals surface area contributed by atoms with Crippen LogP contribution in [0.1, 0.15) is 55.2 Å². The fourth-order valence-electron chi connectivity index (χ4n) is 4.37. The van der Waals surface area contributed by atoms with E-state index in [1.807, 2.05) is 35.9 Å². The molecule has 206 valence electrons. The molecule has 0 saturated carbocycles. The van der Waals surface area contributed by atoms with E-state index in [0.717, 1.165) is 61.9 Å². The van der Waals surface area contributed by atoms with Crippen molar-refractivity contribution < 1.29 is 23.8 Å². The Hall–Kier alpha value is -3.75. The number of amides is 2. The minimum Gasteiger partial charge on any atom is -0.493 e. The number of unbranched alkanes of at least 4 members (excludes halogenated alkanes) is 3. The van der Waals surface area contributed by atoms with Gasteiger partial charge in [0.15, 0.2) is 11.5 Å². The largest absolute Gasteiger partial charge is 0.493 e. The number of hydrogen-bond acceptors (Lipinski definition) is 6. The molecule has 9 nitrogen and oxygen atoms in total. The van der Waals surface area contributed by atoms with Gasteiger partial charge in [-0.25, -0.2) is 4.98 Å². The van der Waals surface area contributed by atoms with Crippen LogP contribution in [0.5, 0.6) is 17.2 Å². The first-order valence-corrected chi connectivity index (χ1v) is 13.2. The molecule has 0 bridgehead atoms. The van der Waals surface area contributed by atoms with Crippen molar-refractivity contribution in [3.63, 3.8) is 0 Å². The minimum absolute atomic E-state index is 0.0948. The molecule has 3 rings (SSSR count). The first kappa shape index (κ1) is 28.8. The summed E-state index contributed by atoms with van der Waals surface area (Å²) < 4.78 is 18.0. The van der Waals surface area contributed by atoms with Gasteiger partial charge < -0.3 is 29.0 Å². The van der Waals surface area contributed by atoms with Gasteiger partial charge in [0, 0.05) is 32.1 Å². The molecule has 9 heteroatoms. The Morgan fingerprint density at radius 2 is 1.68 bits per heavy atom. The van der Waals surface area contributed by atoms with E-state index < -0.39 is 0 Å². The molecule has 0 aliphatic carbocycles. The van der Waals surface area contributed by atoms with Crippen LogP contribution in [0.3, 0.4) is 0 Å². The molecule has 38 heavy (non-hydrogen) atoms. The van der Waals surface area contributed by atoms with E-state index in [9.17, 15) is 9.59 Å². The van der Waals surface area contributed by atoms with Crippen LogP contribution in [0, 0.1) is 0 Å². The van der Waals surface area contributed by atoms with Crippen molar-refractivity contribution in [3.8, 4) is 17.2 Å². The summed E-state index contributed by atoms with van der Waals surface area (Å²) >= 11 is 0. The number of ether oxygens (including phenoxy) is 3. The van der Waals surface area contributed by atoms with Gasteiger partial charge in [-0.3, -0.25) is 9.59 Å². The highest BCUT2D eigenvalue weighted by Crippen LogP contribution is 2.38. The molecule has 0 saturated heterocycles. The lowest BCUT2D eigenvalue weighted by Crippen LogP contribution is -2.31. The SMILES string of the molecule is CCCCN(C)C(=O)Cn1c(CCCCCNC(=O)c2cc(OC)c(OC)c(OC)c2)nc2ccccc21. The zero-order valence-corrected chi connectivity index (χ0v) is 23.2. The van der Waals surface area contributed by atoms with Gasteiger partial charge in [-0.15, -0.1) is 0 Å². The summed E-state index contributed by atoms with van der Waals surface area (Å²) in [5.41, 5.74) is 2.34. The second kappa shape index (κ2) is 14.3. The number of rotatable bonds is 15. The maximum absolute atomic E-state index is 12.8. The smallest absolute Gasteiger partial charge is 0.251 e. The maximum Gasteiger partial charge on any atom is 0.251 e. The fourth-order valence-corrected chi connectivity index (χ4v) is 4.37. The highest BCUT2D eigenvalue weighted by Gasteiger charge is 2.18. The average molecular weight is 525 g/mol. The Kier molecular flexibility index (Phi) is 10.8. The number of nitrogens with zero attached hydrogens (tertiary/aromatic N) is 3. The van der Waals surface area contributed by atoms with Gasteiger partial charge in [0.1, 0.15) is 12.4 Å². The third-order valence-corrected chi connectivity index (χ3v) is 6.59. The summed E-state index contributed by atoms with van der Waals surface area (Å²) in [5.74, 6) is 2.15. The average Bonchev–Trinajstić information content (AvgIpc) is 3.29. The summed E-state index contributed by atoms with van der Waals surface area (Å²) in [7, 11) is 6.43. The highest BCUT2D eigenvalue weighted by atomic mass is 16.5. The zero-order chi connectivity index (χ0) is 27.5. The van der Waals surface area contributed by atoms with Gasteiger partial charge in [-0.1, -0.05) is 31.9 Å². The van der Waals surface area contributed by atoms with E-state index in [4.69, 9.17) is 19.2 Å². The van der Waals surface area contributed by atoms with Gasteiger partial charge in [-0.05, 0) is 43.5 Å². The van der Waals surface area contributed by atoms with E-state index in [0.29, 0.717) is 35.9 Å². The molecule has 0 fully saturated rings. The van der Waals surface area contributed by atoms with Crippen molar-refractivity contribution in [2.45, 2.75) is 52.0 Å². The van der Waals surface area contributed by atoms with E-state index in [2.05, 4.69) is 12.2 Å². The van der Waals surface area contributed by atoms with Gasteiger partial charge >= 0.3 is 0 Å². The third kappa shape index (κ3) is 7.18. The zero-order valence-electron chi connectivity index (χ0n) is 23.2. The summed E-state index contributed by atoms with van der Waals surface area (Å²) in [4.78, 5) is 32.1. The quantitative estimate of drug-likeness (QED) is 0.295. The molecule has 2 aromatic carbocycles. The van der Waals surface area contributed by atoms with E-state index in [1.54, 1.807) is 17.0 Å². The van der Waals surface area contributed by atoms with Crippen LogP contribution in [0.2, 0.25) is 0 Å². The topological polar surface area (TPSA) is 94.9 Å². The number of fused-ring (bicyclic) bond motifs is 1. The summed E-state index contributed by atoms with van der Waals surface area (Å²) in [5, 5.41) is 2.96. The maximum atomic E-state index is 12.8. The lowest BCUT2D eigenvalue weighted by molar-refractivity contribution is -0.130. The number of aryl methyl sites for hydroxylation is 1. The number of para-hydroxylation sites is 2. The molecule has 0 radical (unpaired) electrons. The Morgan fingerprint density at radius 1 is 0.974 bits per heavy atom. The Bertz CT molecular complexity index is 1200. The number of aromatic nitrogens is 2. The van der Waals surface area contributed by atoms with Crippen molar-refractivity contribution in [1.29, 1.82) is 0 Å². The van der Waals surface area contributed by atoms with Crippen molar-refractivity contribution >= 4 is 22.8 Å². The predicted molar refractivity (Wildman–Crippen MR) is 148 cm³/mol. The predicted octanol–water partition coefficient (Wildman–Crippen LogP) is 4.46. The normalized spacial score (nSPS) is 10.9. The molecular formula is C29H40N4O5.